The topological polar surface area (TPSA) is 80.3 Å². The quantitative estimate of drug-likeness (QED) is 0.758. The highest BCUT2D eigenvalue weighted by molar-refractivity contribution is 8.06. The van der Waals surface area contributed by atoms with Crippen molar-refractivity contribution in [1.82, 2.24) is 4.72 Å². The van der Waals surface area contributed by atoms with Crippen molar-refractivity contribution in [3.63, 3.8) is 0 Å². The van der Waals surface area contributed by atoms with Crippen molar-refractivity contribution in [3.05, 3.63) is 0 Å². The Morgan fingerprint density at radius 1 is 1.24 bits per heavy atom. The Morgan fingerprint density at radius 3 is 2.41 bits per heavy atom. The molecule has 1 aliphatic carbocycles. The van der Waals surface area contributed by atoms with Crippen LogP contribution in [-0.2, 0) is 19.9 Å². The number of sulfonamides is 1. The molecular formula is C9H18ClNO4S2. The largest absolute Gasteiger partial charge is 0.228 e. The summed E-state index contributed by atoms with van der Waals surface area (Å²) in [7, 11) is -7.26. The average molecular weight is 304 g/mol. The molecule has 0 saturated heterocycles. The molecule has 102 valence electrons. The van der Waals surface area contributed by atoms with Crippen LogP contribution in [0.1, 0.15) is 25.7 Å². The zero-order valence-electron chi connectivity index (χ0n) is 9.72. The molecule has 1 aliphatic rings. The normalized spacial score (nSPS) is 26.9. The van der Waals surface area contributed by atoms with Gasteiger partial charge in [-0.05, 0) is 25.2 Å². The van der Waals surface area contributed by atoms with E-state index < -0.39 is 24.9 Å². The van der Waals surface area contributed by atoms with Crippen molar-refractivity contribution in [2.24, 2.45) is 5.92 Å². The van der Waals surface area contributed by atoms with Crippen molar-refractivity contribution < 1.29 is 16.8 Å². The molecule has 0 spiro atoms. The van der Waals surface area contributed by atoms with Crippen LogP contribution in [-0.4, -0.2) is 40.1 Å². The lowest BCUT2D eigenvalue weighted by molar-refractivity contribution is 0.362. The van der Waals surface area contributed by atoms with Gasteiger partial charge in [-0.2, -0.15) is 0 Å². The molecule has 0 aromatic carbocycles. The van der Waals surface area contributed by atoms with Gasteiger partial charge < -0.3 is 0 Å². The van der Waals surface area contributed by atoms with Crippen molar-refractivity contribution in [2.45, 2.75) is 31.1 Å². The van der Waals surface area contributed by atoms with Gasteiger partial charge >= 0.3 is 0 Å². The summed E-state index contributed by atoms with van der Waals surface area (Å²) in [4.78, 5) is 0. The zero-order chi connectivity index (χ0) is 13.1. The summed E-state index contributed by atoms with van der Waals surface area (Å²) in [5, 5.41) is -0.745. The Bertz CT molecular complexity index is 446. The molecule has 2 atom stereocenters. The van der Waals surface area contributed by atoms with Gasteiger partial charge in [0.25, 0.3) is 0 Å². The van der Waals surface area contributed by atoms with Crippen molar-refractivity contribution >= 4 is 31.5 Å². The van der Waals surface area contributed by atoms with E-state index in [1.54, 1.807) is 0 Å². The highest BCUT2D eigenvalue weighted by atomic mass is 35.5. The Labute approximate surface area is 108 Å². The SMILES string of the molecule is CS(=O)(=O)CS(=O)(=O)NCC1CCCC(Cl)C1. The fourth-order valence-electron chi connectivity index (χ4n) is 1.98. The third-order valence-electron chi connectivity index (χ3n) is 2.68. The molecular weight excluding hydrogens is 286 g/mol. The first-order valence-corrected chi connectivity index (χ1v) is 9.62. The van der Waals surface area contributed by atoms with Gasteiger partial charge in [-0.15, -0.1) is 11.6 Å². The monoisotopic (exact) mass is 303 g/mol. The van der Waals surface area contributed by atoms with E-state index in [2.05, 4.69) is 4.72 Å². The lowest BCUT2D eigenvalue weighted by Gasteiger charge is -2.25. The first kappa shape index (κ1) is 15.2. The zero-order valence-corrected chi connectivity index (χ0v) is 12.1. The van der Waals surface area contributed by atoms with Crippen LogP contribution in [0.15, 0.2) is 0 Å². The molecule has 1 fully saturated rings. The van der Waals surface area contributed by atoms with Gasteiger partial charge in [-0.25, -0.2) is 21.6 Å². The van der Waals surface area contributed by atoms with E-state index in [9.17, 15) is 16.8 Å². The summed E-state index contributed by atoms with van der Waals surface area (Å²) >= 11 is 5.99. The van der Waals surface area contributed by atoms with E-state index in [1.165, 1.54) is 0 Å². The van der Waals surface area contributed by atoms with Crippen LogP contribution in [0.5, 0.6) is 0 Å². The second-order valence-electron chi connectivity index (χ2n) is 4.64. The van der Waals surface area contributed by atoms with Gasteiger partial charge in [-0.1, -0.05) is 6.42 Å². The summed E-state index contributed by atoms with van der Waals surface area (Å²) in [5.74, 6) is 0.209. The number of alkyl halides is 1. The van der Waals surface area contributed by atoms with Crippen LogP contribution in [0, 0.1) is 5.92 Å². The first-order valence-electron chi connectivity index (χ1n) is 5.47. The second kappa shape index (κ2) is 5.86. The third kappa shape index (κ3) is 6.59. The number of halogens is 1. The maximum Gasteiger partial charge on any atom is 0.226 e. The number of hydrogen-bond donors (Lipinski definition) is 1. The molecule has 0 aromatic rings. The van der Waals surface area contributed by atoms with Gasteiger partial charge in [0.2, 0.25) is 10.0 Å². The minimum absolute atomic E-state index is 0.105. The lowest BCUT2D eigenvalue weighted by atomic mass is 9.89. The fraction of sp³-hybridized carbons (Fsp3) is 1.00. The minimum atomic E-state index is -3.74. The maximum atomic E-state index is 11.4. The molecule has 17 heavy (non-hydrogen) atoms. The van der Waals surface area contributed by atoms with Gasteiger partial charge in [-0.3, -0.25) is 0 Å². The Kier molecular flexibility index (Phi) is 5.24. The summed E-state index contributed by atoms with van der Waals surface area (Å²) in [6.45, 7) is 0.279. The molecule has 1 N–H and O–H groups in total. The van der Waals surface area contributed by atoms with Crippen LogP contribution in [0.25, 0.3) is 0 Å². The van der Waals surface area contributed by atoms with Crippen LogP contribution in [0.3, 0.4) is 0 Å². The molecule has 0 heterocycles. The molecule has 1 rings (SSSR count). The van der Waals surface area contributed by atoms with Crippen molar-refractivity contribution in [2.75, 3.05) is 17.9 Å². The van der Waals surface area contributed by atoms with Crippen LogP contribution < -0.4 is 4.72 Å². The summed E-state index contributed by atoms with van der Waals surface area (Å²) < 4.78 is 47.1. The average Bonchev–Trinajstić information content (AvgIpc) is 2.11. The van der Waals surface area contributed by atoms with Gasteiger partial charge in [0.15, 0.2) is 14.9 Å². The molecule has 2 unspecified atom stereocenters. The molecule has 5 nitrogen and oxygen atoms in total. The van der Waals surface area contributed by atoms with Gasteiger partial charge in [0.05, 0.1) is 0 Å². The van der Waals surface area contributed by atoms with E-state index in [4.69, 9.17) is 11.6 Å². The summed E-state index contributed by atoms with van der Waals surface area (Å²) in [6, 6.07) is 0. The van der Waals surface area contributed by atoms with E-state index in [0.717, 1.165) is 31.9 Å². The summed E-state index contributed by atoms with van der Waals surface area (Å²) in [5.41, 5.74) is 0. The Hall–Kier alpha value is 0.150. The number of hydrogen-bond acceptors (Lipinski definition) is 4. The van der Waals surface area contributed by atoms with Crippen molar-refractivity contribution in [3.8, 4) is 0 Å². The predicted molar refractivity (Wildman–Crippen MR) is 68.2 cm³/mol. The van der Waals surface area contributed by atoms with Crippen LogP contribution in [0.2, 0.25) is 0 Å². The van der Waals surface area contributed by atoms with E-state index in [0.29, 0.717) is 0 Å². The van der Waals surface area contributed by atoms with E-state index in [-0.39, 0.29) is 17.8 Å². The Morgan fingerprint density at radius 2 is 1.88 bits per heavy atom. The summed E-state index contributed by atoms with van der Waals surface area (Å²) in [6.07, 6.45) is 4.58. The molecule has 0 aromatic heterocycles. The van der Waals surface area contributed by atoms with Crippen LogP contribution in [0.4, 0.5) is 0 Å². The smallest absolute Gasteiger partial charge is 0.226 e. The maximum absolute atomic E-state index is 11.4. The molecule has 0 radical (unpaired) electrons. The highest BCUT2D eigenvalue weighted by Crippen LogP contribution is 2.27. The minimum Gasteiger partial charge on any atom is -0.228 e. The van der Waals surface area contributed by atoms with E-state index >= 15 is 0 Å². The highest BCUT2D eigenvalue weighted by Gasteiger charge is 2.23. The third-order valence-corrected chi connectivity index (χ3v) is 6.64. The molecule has 0 amide bonds. The van der Waals surface area contributed by atoms with Gasteiger partial charge in [0.1, 0.15) is 0 Å². The molecule has 0 aliphatic heterocycles. The van der Waals surface area contributed by atoms with Crippen LogP contribution >= 0.6 is 11.6 Å². The van der Waals surface area contributed by atoms with Crippen molar-refractivity contribution in [1.29, 1.82) is 0 Å². The molecule has 8 heteroatoms. The molecule has 0 bridgehead atoms. The van der Waals surface area contributed by atoms with Gasteiger partial charge in [0, 0.05) is 18.2 Å². The first-order chi connectivity index (χ1) is 7.68. The number of sulfone groups is 1. The predicted octanol–water partition coefficient (Wildman–Crippen LogP) is 0.706. The van der Waals surface area contributed by atoms with E-state index in [1.807, 2.05) is 0 Å². The Balaban J connectivity index is 2.44. The lowest BCUT2D eigenvalue weighted by Crippen LogP contribution is -2.35. The second-order valence-corrected chi connectivity index (χ2v) is 9.57. The molecule has 1 saturated carbocycles. The fourth-order valence-corrected chi connectivity index (χ4v) is 5.46. The number of nitrogens with one attached hydrogen (secondary N) is 1. The standard InChI is InChI=1S/C9H18ClNO4S2/c1-16(12,13)7-17(14,15)11-6-8-3-2-4-9(10)5-8/h8-9,11H,2-7H2,1H3. The number of rotatable bonds is 5.